The summed E-state index contributed by atoms with van der Waals surface area (Å²) in [6, 6.07) is 10.2. The van der Waals surface area contributed by atoms with Gasteiger partial charge >= 0.3 is 0 Å². The second-order valence-corrected chi connectivity index (χ2v) is 5.05. The van der Waals surface area contributed by atoms with Crippen LogP contribution in [-0.2, 0) is 18.0 Å². The van der Waals surface area contributed by atoms with Crippen molar-refractivity contribution >= 4 is 11.6 Å². The van der Waals surface area contributed by atoms with Crippen LogP contribution in [0.4, 0.5) is 4.39 Å². The fourth-order valence-corrected chi connectivity index (χ4v) is 2.51. The maximum atomic E-state index is 14.0. The van der Waals surface area contributed by atoms with Crippen LogP contribution in [-0.4, -0.2) is 0 Å². The van der Waals surface area contributed by atoms with Gasteiger partial charge < -0.3 is 10.5 Å². The average Bonchev–Trinajstić information content (AvgIpc) is 2.88. The van der Waals surface area contributed by atoms with E-state index in [0.717, 1.165) is 11.1 Å². The normalized spacial score (nSPS) is 15.3. The quantitative estimate of drug-likeness (QED) is 0.911. The lowest BCUT2D eigenvalue weighted by Crippen LogP contribution is -2.14. The highest BCUT2D eigenvalue weighted by Crippen LogP contribution is 2.29. The molecule has 0 saturated heterocycles. The van der Waals surface area contributed by atoms with Gasteiger partial charge in [-0.1, -0.05) is 41.9 Å². The van der Waals surface area contributed by atoms with E-state index in [1.165, 1.54) is 11.6 Å². The van der Waals surface area contributed by atoms with Gasteiger partial charge in [-0.3, -0.25) is 0 Å². The summed E-state index contributed by atoms with van der Waals surface area (Å²) in [6.45, 7) is 1.23. The van der Waals surface area contributed by atoms with Gasteiger partial charge in [0.25, 0.3) is 0 Å². The Morgan fingerprint density at radius 3 is 2.79 bits per heavy atom. The number of benzene rings is 2. The minimum atomic E-state index is -0.524. The number of hydrogen-bond acceptors (Lipinski definition) is 2. The Morgan fingerprint density at radius 1 is 1.16 bits per heavy atom. The molecule has 1 atom stereocenters. The Bertz CT molecular complexity index is 630. The van der Waals surface area contributed by atoms with Crippen LogP contribution in [0.2, 0.25) is 5.02 Å². The summed E-state index contributed by atoms with van der Waals surface area (Å²) in [7, 11) is 0. The molecule has 3 rings (SSSR count). The van der Waals surface area contributed by atoms with Gasteiger partial charge in [-0.05, 0) is 22.8 Å². The molecule has 0 radical (unpaired) electrons. The second kappa shape index (κ2) is 4.93. The molecule has 0 fully saturated rings. The Hall–Kier alpha value is -1.42. The zero-order chi connectivity index (χ0) is 13.4. The highest BCUT2D eigenvalue weighted by Gasteiger charge is 2.18. The average molecular weight is 278 g/mol. The number of ether oxygens (including phenoxy) is 1. The van der Waals surface area contributed by atoms with Crippen molar-refractivity contribution in [2.75, 3.05) is 0 Å². The Kier molecular flexibility index (Phi) is 3.27. The highest BCUT2D eigenvalue weighted by molar-refractivity contribution is 6.30. The standard InChI is InChI=1S/C15H13ClFNO/c16-13-3-1-2-12(14(13)17)15(18)9-4-5-10-7-19-8-11(10)6-9/h1-6,15H,7-8,18H2. The third-order valence-corrected chi connectivity index (χ3v) is 3.71. The van der Waals surface area contributed by atoms with E-state index in [1.54, 1.807) is 12.1 Å². The summed E-state index contributed by atoms with van der Waals surface area (Å²) < 4.78 is 19.3. The molecular formula is C15H13ClFNO. The lowest BCUT2D eigenvalue weighted by atomic mass is 9.96. The van der Waals surface area contributed by atoms with Gasteiger partial charge in [-0.2, -0.15) is 0 Å². The first kappa shape index (κ1) is 12.6. The molecule has 1 aliphatic heterocycles. The molecule has 2 aromatic rings. The van der Waals surface area contributed by atoms with Crippen LogP contribution < -0.4 is 5.73 Å². The van der Waals surface area contributed by atoms with Gasteiger partial charge in [0.2, 0.25) is 0 Å². The van der Waals surface area contributed by atoms with Gasteiger partial charge in [0.15, 0.2) is 0 Å². The van der Waals surface area contributed by atoms with Crippen molar-refractivity contribution in [1.29, 1.82) is 0 Å². The van der Waals surface area contributed by atoms with E-state index < -0.39 is 11.9 Å². The zero-order valence-electron chi connectivity index (χ0n) is 10.2. The van der Waals surface area contributed by atoms with Crippen molar-refractivity contribution in [2.24, 2.45) is 5.73 Å². The molecule has 0 aromatic heterocycles. The third-order valence-electron chi connectivity index (χ3n) is 3.42. The molecule has 4 heteroatoms. The molecule has 2 nitrogen and oxygen atoms in total. The predicted octanol–water partition coefficient (Wildman–Crippen LogP) is 3.56. The van der Waals surface area contributed by atoms with Crippen molar-refractivity contribution < 1.29 is 9.13 Å². The van der Waals surface area contributed by atoms with Crippen molar-refractivity contribution in [2.45, 2.75) is 19.3 Å². The summed E-state index contributed by atoms with van der Waals surface area (Å²) in [4.78, 5) is 0. The fraction of sp³-hybridized carbons (Fsp3) is 0.200. The van der Waals surface area contributed by atoms with E-state index in [9.17, 15) is 4.39 Å². The lowest BCUT2D eigenvalue weighted by Gasteiger charge is -2.15. The molecule has 0 saturated carbocycles. The van der Waals surface area contributed by atoms with Gasteiger partial charge in [-0.15, -0.1) is 0 Å². The first-order valence-corrected chi connectivity index (χ1v) is 6.43. The molecular weight excluding hydrogens is 265 g/mol. The second-order valence-electron chi connectivity index (χ2n) is 4.64. The van der Waals surface area contributed by atoms with Crippen LogP contribution in [0, 0.1) is 5.82 Å². The maximum Gasteiger partial charge on any atom is 0.146 e. The van der Waals surface area contributed by atoms with Crippen molar-refractivity contribution in [1.82, 2.24) is 0 Å². The van der Waals surface area contributed by atoms with Gasteiger partial charge in [0.05, 0.1) is 24.3 Å². The molecule has 0 aliphatic carbocycles. The SMILES string of the molecule is NC(c1ccc2c(c1)COC2)c1cccc(Cl)c1F. The fourth-order valence-electron chi connectivity index (χ4n) is 2.33. The van der Waals surface area contributed by atoms with Crippen LogP contribution in [0.3, 0.4) is 0 Å². The summed E-state index contributed by atoms with van der Waals surface area (Å²) in [5.74, 6) is -0.451. The van der Waals surface area contributed by atoms with E-state index >= 15 is 0 Å². The zero-order valence-corrected chi connectivity index (χ0v) is 11.0. The monoisotopic (exact) mass is 277 g/mol. The van der Waals surface area contributed by atoms with Crippen LogP contribution in [0.5, 0.6) is 0 Å². The Morgan fingerprint density at radius 2 is 1.95 bits per heavy atom. The minimum absolute atomic E-state index is 0.0949. The van der Waals surface area contributed by atoms with Crippen LogP contribution in [0.25, 0.3) is 0 Å². The molecule has 2 N–H and O–H groups in total. The predicted molar refractivity (Wildman–Crippen MR) is 72.4 cm³/mol. The maximum absolute atomic E-state index is 14.0. The molecule has 0 bridgehead atoms. The van der Waals surface area contributed by atoms with E-state index in [4.69, 9.17) is 22.1 Å². The van der Waals surface area contributed by atoms with Crippen LogP contribution in [0.15, 0.2) is 36.4 Å². The van der Waals surface area contributed by atoms with Gasteiger partial charge in [-0.25, -0.2) is 4.39 Å². The number of hydrogen-bond donors (Lipinski definition) is 1. The highest BCUT2D eigenvalue weighted by atomic mass is 35.5. The van der Waals surface area contributed by atoms with Gasteiger partial charge in [0.1, 0.15) is 5.82 Å². The van der Waals surface area contributed by atoms with Crippen molar-refractivity contribution in [3.05, 3.63) is 69.5 Å². The largest absolute Gasteiger partial charge is 0.372 e. The van der Waals surface area contributed by atoms with Crippen LogP contribution in [0.1, 0.15) is 28.3 Å². The first-order chi connectivity index (χ1) is 9.16. The Labute approximate surface area is 115 Å². The first-order valence-electron chi connectivity index (χ1n) is 6.06. The minimum Gasteiger partial charge on any atom is -0.372 e. The number of fused-ring (bicyclic) bond motifs is 1. The van der Waals surface area contributed by atoms with E-state index in [0.29, 0.717) is 18.8 Å². The van der Waals surface area contributed by atoms with E-state index in [-0.39, 0.29) is 5.02 Å². The van der Waals surface area contributed by atoms with E-state index in [1.807, 2.05) is 18.2 Å². The summed E-state index contributed by atoms with van der Waals surface area (Å²) in [6.07, 6.45) is 0. The molecule has 1 aliphatic rings. The number of nitrogens with two attached hydrogens (primary N) is 1. The number of halogens is 2. The summed E-state index contributed by atoms with van der Waals surface area (Å²) in [5, 5.41) is 0.0949. The van der Waals surface area contributed by atoms with E-state index in [2.05, 4.69) is 0 Å². The molecule has 98 valence electrons. The Balaban J connectivity index is 2.00. The van der Waals surface area contributed by atoms with Crippen molar-refractivity contribution in [3.8, 4) is 0 Å². The molecule has 1 unspecified atom stereocenters. The molecule has 19 heavy (non-hydrogen) atoms. The molecule has 0 amide bonds. The van der Waals surface area contributed by atoms with Gasteiger partial charge in [0, 0.05) is 5.56 Å². The summed E-state index contributed by atoms with van der Waals surface area (Å²) in [5.41, 5.74) is 9.71. The number of rotatable bonds is 2. The third kappa shape index (κ3) is 2.25. The lowest BCUT2D eigenvalue weighted by molar-refractivity contribution is 0.134. The van der Waals surface area contributed by atoms with Crippen molar-refractivity contribution in [3.63, 3.8) is 0 Å². The summed E-state index contributed by atoms with van der Waals surface area (Å²) >= 11 is 5.79. The molecule has 2 aromatic carbocycles. The van der Waals surface area contributed by atoms with Crippen LogP contribution >= 0.6 is 11.6 Å². The topological polar surface area (TPSA) is 35.2 Å². The molecule has 0 spiro atoms. The smallest absolute Gasteiger partial charge is 0.146 e. The molecule has 1 heterocycles.